The Labute approximate surface area is 109 Å². The van der Waals surface area contributed by atoms with Crippen LogP contribution in [0.15, 0.2) is 0 Å². The second kappa shape index (κ2) is 5.15. The number of rotatable bonds is 2. The van der Waals surface area contributed by atoms with Crippen molar-refractivity contribution in [1.29, 1.82) is 0 Å². The zero-order chi connectivity index (χ0) is 13.2. The predicted molar refractivity (Wildman–Crippen MR) is 68.2 cm³/mol. The zero-order valence-corrected chi connectivity index (χ0v) is 11.6. The number of piperidine rings is 1. The van der Waals surface area contributed by atoms with Gasteiger partial charge in [0, 0.05) is 12.0 Å². The van der Waals surface area contributed by atoms with E-state index in [1.807, 2.05) is 20.8 Å². The molecule has 2 aliphatic heterocycles. The molecule has 1 N–H and O–H groups in total. The third-order valence-corrected chi connectivity index (χ3v) is 3.19. The minimum atomic E-state index is -0.444. The molecule has 0 aromatic heterocycles. The Morgan fingerprint density at radius 2 is 2.00 bits per heavy atom. The van der Waals surface area contributed by atoms with Crippen molar-refractivity contribution in [3.8, 4) is 0 Å². The van der Waals surface area contributed by atoms with Crippen LogP contribution < -0.4 is 5.32 Å². The zero-order valence-electron chi connectivity index (χ0n) is 11.6. The van der Waals surface area contributed by atoms with E-state index in [2.05, 4.69) is 10.2 Å². The Morgan fingerprint density at radius 3 is 2.61 bits per heavy atom. The summed E-state index contributed by atoms with van der Waals surface area (Å²) in [4.78, 5) is 14.0. The van der Waals surface area contributed by atoms with Gasteiger partial charge in [-0.1, -0.05) is 0 Å². The summed E-state index contributed by atoms with van der Waals surface area (Å²) in [7, 11) is 0. The van der Waals surface area contributed by atoms with Crippen molar-refractivity contribution in [2.45, 2.75) is 44.9 Å². The van der Waals surface area contributed by atoms with Gasteiger partial charge in [0.15, 0.2) is 5.79 Å². The van der Waals surface area contributed by atoms with E-state index in [0.29, 0.717) is 26.3 Å². The van der Waals surface area contributed by atoms with E-state index in [1.54, 1.807) is 0 Å². The highest BCUT2D eigenvalue weighted by molar-refractivity contribution is 5.78. The van der Waals surface area contributed by atoms with Gasteiger partial charge < -0.3 is 14.8 Å². The molecule has 18 heavy (non-hydrogen) atoms. The van der Waals surface area contributed by atoms with Crippen molar-refractivity contribution in [3.63, 3.8) is 0 Å². The molecule has 5 heteroatoms. The van der Waals surface area contributed by atoms with E-state index in [1.165, 1.54) is 0 Å². The number of carbonyl (C=O) groups is 1. The van der Waals surface area contributed by atoms with Crippen molar-refractivity contribution in [2.24, 2.45) is 0 Å². The standard InChI is InChI=1S/C13H24N2O3/c1-12(2,3)14-11(16)9-15-6-4-5-13(10-15)17-7-8-18-13/h4-10H2,1-3H3,(H,14,16). The van der Waals surface area contributed by atoms with Crippen LogP contribution in [0.3, 0.4) is 0 Å². The highest BCUT2D eigenvalue weighted by Crippen LogP contribution is 2.29. The molecule has 2 fully saturated rings. The van der Waals surface area contributed by atoms with Gasteiger partial charge in [0.05, 0.1) is 26.3 Å². The van der Waals surface area contributed by atoms with Crippen molar-refractivity contribution < 1.29 is 14.3 Å². The van der Waals surface area contributed by atoms with E-state index in [-0.39, 0.29) is 11.4 Å². The van der Waals surface area contributed by atoms with E-state index in [0.717, 1.165) is 19.4 Å². The van der Waals surface area contributed by atoms with E-state index < -0.39 is 5.79 Å². The average molecular weight is 256 g/mol. The van der Waals surface area contributed by atoms with Gasteiger partial charge >= 0.3 is 0 Å². The Kier molecular flexibility index (Phi) is 3.94. The van der Waals surface area contributed by atoms with Crippen LogP contribution in [0.5, 0.6) is 0 Å². The molecule has 1 amide bonds. The van der Waals surface area contributed by atoms with Crippen molar-refractivity contribution in [1.82, 2.24) is 10.2 Å². The van der Waals surface area contributed by atoms with Crippen LogP contribution in [-0.2, 0) is 14.3 Å². The number of amides is 1. The van der Waals surface area contributed by atoms with Crippen LogP contribution in [0.4, 0.5) is 0 Å². The van der Waals surface area contributed by atoms with Crippen LogP contribution in [0.1, 0.15) is 33.6 Å². The lowest BCUT2D eigenvalue weighted by Crippen LogP contribution is -2.53. The fourth-order valence-electron chi connectivity index (χ4n) is 2.60. The lowest BCUT2D eigenvalue weighted by molar-refractivity contribution is -0.189. The number of nitrogens with zero attached hydrogens (tertiary/aromatic N) is 1. The molecule has 0 aromatic carbocycles. The summed E-state index contributed by atoms with van der Waals surface area (Å²) < 4.78 is 11.4. The maximum atomic E-state index is 11.9. The van der Waals surface area contributed by atoms with Gasteiger partial charge in [-0.25, -0.2) is 0 Å². The smallest absolute Gasteiger partial charge is 0.234 e. The monoisotopic (exact) mass is 256 g/mol. The lowest BCUT2D eigenvalue weighted by atomic mass is 10.0. The number of carbonyl (C=O) groups excluding carboxylic acids is 1. The van der Waals surface area contributed by atoms with E-state index in [4.69, 9.17) is 9.47 Å². The summed E-state index contributed by atoms with van der Waals surface area (Å²) in [6.07, 6.45) is 1.95. The number of hydrogen-bond acceptors (Lipinski definition) is 4. The number of nitrogens with one attached hydrogen (secondary N) is 1. The van der Waals surface area contributed by atoms with Gasteiger partial charge in [0.2, 0.25) is 5.91 Å². The van der Waals surface area contributed by atoms with Crippen molar-refractivity contribution in [2.75, 3.05) is 32.8 Å². The quantitative estimate of drug-likeness (QED) is 0.792. The number of ether oxygens (including phenoxy) is 2. The van der Waals surface area contributed by atoms with Crippen LogP contribution in [0.25, 0.3) is 0 Å². The largest absolute Gasteiger partial charge is 0.350 e. The number of hydrogen-bond donors (Lipinski definition) is 1. The summed E-state index contributed by atoms with van der Waals surface area (Å²) in [5.74, 6) is -0.377. The topological polar surface area (TPSA) is 50.8 Å². The molecule has 0 atom stereocenters. The summed E-state index contributed by atoms with van der Waals surface area (Å²) in [6, 6.07) is 0. The van der Waals surface area contributed by atoms with Crippen LogP contribution in [0.2, 0.25) is 0 Å². The Hall–Kier alpha value is -0.650. The van der Waals surface area contributed by atoms with Crippen LogP contribution in [-0.4, -0.2) is 55.0 Å². The molecule has 1 spiro atoms. The SMILES string of the molecule is CC(C)(C)NC(=O)CN1CCCC2(C1)OCCO2. The van der Waals surface area contributed by atoms with Crippen LogP contribution >= 0.6 is 0 Å². The van der Waals surface area contributed by atoms with Gasteiger partial charge in [0.1, 0.15) is 0 Å². The minimum absolute atomic E-state index is 0.0672. The molecule has 0 saturated carbocycles. The third-order valence-electron chi connectivity index (χ3n) is 3.19. The molecule has 0 radical (unpaired) electrons. The predicted octanol–water partition coefficient (Wildman–Crippen LogP) is 0.740. The first-order valence-electron chi connectivity index (χ1n) is 6.70. The molecule has 2 rings (SSSR count). The molecule has 2 aliphatic rings. The Balaban J connectivity index is 1.84. The Morgan fingerprint density at radius 1 is 1.33 bits per heavy atom. The molecule has 0 aromatic rings. The highest BCUT2D eigenvalue weighted by atomic mass is 16.7. The molecule has 2 saturated heterocycles. The molecule has 2 heterocycles. The summed E-state index contributed by atoms with van der Waals surface area (Å²) in [5, 5.41) is 2.98. The Bertz CT molecular complexity index is 306. The lowest BCUT2D eigenvalue weighted by Gasteiger charge is -2.38. The number of likely N-dealkylation sites (tertiary alicyclic amines) is 1. The van der Waals surface area contributed by atoms with E-state index in [9.17, 15) is 4.79 Å². The fraction of sp³-hybridized carbons (Fsp3) is 0.923. The van der Waals surface area contributed by atoms with Crippen molar-refractivity contribution >= 4 is 5.91 Å². The summed E-state index contributed by atoms with van der Waals surface area (Å²) >= 11 is 0. The van der Waals surface area contributed by atoms with Crippen LogP contribution in [0, 0.1) is 0 Å². The third kappa shape index (κ3) is 3.67. The minimum Gasteiger partial charge on any atom is -0.350 e. The highest BCUT2D eigenvalue weighted by Gasteiger charge is 2.41. The van der Waals surface area contributed by atoms with Gasteiger partial charge in [-0.05, 0) is 33.7 Å². The van der Waals surface area contributed by atoms with E-state index >= 15 is 0 Å². The second-order valence-electron chi connectivity index (χ2n) is 6.22. The van der Waals surface area contributed by atoms with Gasteiger partial charge in [-0.2, -0.15) is 0 Å². The first-order valence-corrected chi connectivity index (χ1v) is 6.70. The van der Waals surface area contributed by atoms with Gasteiger partial charge in [-0.15, -0.1) is 0 Å². The first kappa shape index (κ1) is 13.8. The van der Waals surface area contributed by atoms with Gasteiger partial charge in [0.25, 0.3) is 0 Å². The maximum absolute atomic E-state index is 11.9. The summed E-state index contributed by atoms with van der Waals surface area (Å²) in [5.41, 5.74) is -0.176. The molecular weight excluding hydrogens is 232 g/mol. The summed E-state index contributed by atoms with van der Waals surface area (Å²) in [6.45, 7) is 9.37. The average Bonchev–Trinajstić information content (AvgIpc) is 2.63. The molecule has 0 unspecified atom stereocenters. The normalized spacial score (nSPS) is 24.4. The molecule has 0 aliphatic carbocycles. The molecular formula is C13H24N2O3. The molecule has 0 bridgehead atoms. The maximum Gasteiger partial charge on any atom is 0.234 e. The fourth-order valence-corrected chi connectivity index (χ4v) is 2.60. The van der Waals surface area contributed by atoms with Crippen molar-refractivity contribution in [3.05, 3.63) is 0 Å². The second-order valence-corrected chi connectivity index (χ2v) is 6.22. The van der Waals surface area contributed by atoms with Gasteiger partial charge in [-0.3, -0.25) is 9.69 Å². The molecule has 5 nitrogen and oxygen atoms in total. The first-order chi connectivity index (χ1) is 8.39. The molecule has 104 valence electrons.